The molecule has 1 fully saturated rings. The van der Waals surface area contributed by atoms with Gasteiger partial charge in [-0.05, 0) is 37.0 Å². The summed E-state index contributed by atoms with van der Waals surface area (Å²) in [5.41, 5.74) is 0.856. The monoisotopic (exact) mass is 343 g/mol. The van der Waals surface area contributed by atoms with E-state index in [2.05, 4.69) is 5.32 Å². The first kappa shape index (κ1) is 17.1. The van der Waals surface area contributed by atoms with E-state index in [1.54, 1.807) is 12.1 Å². The zero-order chi connectivity index (χ0) is 16.3. The number of carboxylic acid groups (broad SMARTS) is 1. The van der Waals surface area contributed by atoms with Crippen molar-refractivity contribution in [1.82, 2.24) is 5.32 Å². The second-order valence-corrected chi connectivity index (χ2v) is 6.68. The van der Waals surface area contributed by atoms with Crippen LogP contribution < -0.4 is 5.32 Å². The molecule has 0 bridgehead atoms. The number of nitrogens with one attached hydrogen (secondary N) is 1. The lowest BCUT2D eigenvalue weighted by Gasteiger charge is -2.20. The third-order valence-corrected chi connectivity index (χ3v) is 4.74. The molecule has 120 valence electrons. The minimum absolute atomic E-state index is 0.135. The molecule has 1 aliphatic rings. The first-order valence-electron chi connectivity index (χ1n) is 7.35. The van der Waals surface area contributed by atoms with Gasteiger partial charge in [0, 0.05) is 22.0 Å². The Hall–Kier alpha value is -1.26. The highest BCUT2D eigenvalue weighted by atomic mass is 35.5. The molecule has 6 heteroatoms. The van der Waals surface area contributed by atoms with Gasteiger partial charge in [0.15, 0.2) is 0 Å². The average molecular weight is 344 g/mol. The summed E-state index contributed by atoms with van der Waals surface area (Å²) >= 11 is 12.0. The molecule has 22 heavy (non-hydrogen) atoms. The topological polar surface area (TPSA) is 66.4 Å². The molecule has 1 unspecified atom stereocenters. The first-order valence-corrected chi connectivity index (χ1v) is 8.11. The van der Waals surface area contributed by atoms with Gasteiger partial charge in [0.25, 0.3) is 0 Å². The predicted molar refractivity (Wildman–Crippen MR) is 86.2 cm³/mol. The summed E-state index contributed by atoms with van der Waals surface area (Å²) in [6.07, 6.45) is 2.67. The Labute approximate surface area is 139 Å². The zero-order valence-electron chi connectivity index (χ0n) is 12.3. The van der Waals surface area contributed by atoms with Crippen molar-refractivity contribution in [1.29, 1.82) is 0 Å². The van der Waals surface area contributed by atoms with E-state index in [0.29, 0.717) is 22.9 Å². The van der Waals surface area contributed by atoms with Gasteiger partial charge in [-0.2, -0.15) is 0 Å². The molecule has 3 atom stereocenters. The molecule has 0 aromatic heterocycles. The number of hydrogen-bond acceptors (Lipinski definition) is 2. The van der Waals surface area contributed by atoms with Gasteiger partial charge in [-0.25, -0.2) is 0 Å². The Bertz CT molecular complexity index is 577. The maximum absolute atomic E-state index is 12.3. The van der Waals surface area contributed by atoms with Gasteiger partial charge < -0.3 is 10.4 Å². The minimum atomic E-state index is -0.837. The molecule has 0 radical (unpaired) electrons. The molecule has 1 aliphatic carbocycles. The van der Waals surface area contributed by atoms with Crippen LogP contribution in [0.15, 0.2) is 18.2 Å². The summed E-state index contributed by atoms with van der Waals surface area (Å²) in [7, 11) is 0. The van der Waals surface area contributed by atoms with Crippen LogP contribution in [0.5, 0.6) is 0 Å². The van der Waals surface area contributed by atoms with Crippen LogP contribution in [0.4, 0.5) is 0 Å². The molecule has 1 aromatic carbocycles. The van der Waals surface area contributed by atoms with E-state index < -0.39 is 11.9 Å². The van der Waals surface area contributed by atoms with E-state index >= 15 is 0 Å². The predicted octanol–water partition coefficient (Wildman–Crippen LogP) is 3.54. The highest BCUT2D eigenvalue weighted by Crippen LogP contribution is 2.27. The molecule has 2 rings (SSSR count). The quantitative estimate of drug-likeness (QED) is 0.859. The molecule has 0 aliphatic heterocycles. The van der Waals surface area contributed by atoms with Crippen molar-refractivity contribution in [2.45, 2.75) is 38.6 Å². The van der Waals surface area contributed by atoms with E-state index in [1.165, 1.54) is 0 Å². The standard InChI is InChI=1S/C16H19Cl2NO3/c1-9(7-10-5-6-11(17)8-13(10)18)15(20)19-14-4-2-3-12(14)16(21)22/h5-6,8-9,12,14H,2-4,7H2,1H3,(H,19,20)(H,21,22)/t9?,12-,14+/m0/s1. The molecule has 1 saturated carbocycles. The fraction of sp³-hybridized carbons (Fsp3) is 0.500. The van der Waals surface area contributed by atoms with Crippen LogP contribution in [0.1, 0.15) is 31.7 Å². The van der Waals surface area contributed by atoms with Crippen LogP contribution in [-0.4, -0.2) is 23.0 Å². The fourth-order valence-corrected chi connectivity index (χ4v) is 3.35. The second kappa shape index (κ2) is 7.34. The number of carbonyl (C=O) groups excluding carboxylic acids is 1. The van der Waals surface area contributed by atoms with E-state index in [0.717, 1.165) is 18.4 Å². The highest BCUT2D eigenvalue weighted by molar-refractivity contribution is 6.35. The summed E-state index contributed by atoms with van der Waals surface area (Å²) in [4.78, 5) is 23.4. The Kier molecular flexibility index (Phi) is 5.70. The number of carboxylic acids is 1. The minimum Gasteiger partial charge on any atom is -0.481 e. The maximum Gasteiger partial charge on any atom is 0.308 e. The smallest absolute Gasteiger partial charge is 0.308 e. The lowest BCUT2D eigenvalue weighted by molar-refractivity contribution is -0.142. The van der Waals surface area contributed by atoms with E-state index in [1.807, 2.05) is 13.0 Å². The molecular formula is C16H19Cl2NO3. The molecule has 4 nitrogen and oxygen atoms in total. The van der Waals surface area contributed by atoms with Gasteiger partial charge in [-0.1, -0.05) is 42.6 Å². The molecule has 1 aromatic rings. The number of amides is 1. The number of aliphatic carboxylic acids is 1. The maximum atomic E-state index is 12.3. The third kappa shape index (κ3) is 4.14. The van der Waals surface area contributed by atoms with Crippen LogP contribution in [0.2, 0.25) is 10.0 Å². The van der Waals surface area contributed by atoms with Crippen LogP contribution in [0.3, 0.4) is 0 Å². The van der Waals surface area contributed by atoms with Crippen molar-refractivity contribution < 1.29 is 14.7 Å². The number of rotatable bonds is 5. The van der Waals surface area contributed by atoms with Crippen LogP contribution in [-0.2, 0) is 16.0 Å². The van der Waals surface area contributed by atoms with Crippen molar-refractivity contribution in [2.75, 3.05) is 0 Å². The Morgan fingerprint density at radius 2 is 2.09 bits per heavy atom. The molecular weight excluding hydrogens is 325 g/mol. The molecule has 1 amide bonds. The van der Waals surface area contributed by atoms with Gasteiger partial charge >= 0.3 is 5.97 Å². The number of halogens is 2. The Morgan fingerprint density at radius 3 is 2.73 bits per heavy atom. The Balaban J connectivity index is 1.96. The normalized spacial score (nSPS) is 22.3. The van der Waals surface area contributed by atoms with Gasteiger partial charge in [0.2, 0.25) is 5.91 Å². The largest absolute Gasteiger partial charge is 0.481 e. The SMILES string of the molecule is CC(Cc1ccc(Cl)cc1Cl)C(=O)N[C@@H]1CCC[C@@H]1C(=O)O. The van der Waals surface area contributed by atoms with E-state index in [9.17, 15) is 9.59 Å². The van der Waals surface area contributed by atoms with E-state index in [4.69, 9.17) is 28.3 Å². The van der Waals surface area contributed by atoms with Crippen molar-refractivity contribution in [2.24, 2.45) is 11.8 Å². The van der Waals surface area contributed by atoms with Crippen LogP contribution in [0, 0.1) is 11.8 Å². The number of carbonyl (C=O) groups is 2. The van der Waals surface area contributed by atoms with Crippen molar-refractivity contribution in [3.05, 3.63) is 33.8 Å². The summed E-state index contributed by atoms with van der Waals surface area (Å²) in [6, 6.07) is 4.93. The lowest BCUT2D eigenvalue weighted by atomic mass is 9.98. The summed E-state index contributed by atoms with van der Waals surface area (Å²) < 4.78 is 0. The van der Waals surface area contributed by atoms with Gasteiger partial charge in [-0.3, -0.25) is 9.59 Å². The Morgan fingerprint density at radius 1 is 1.36 bits per heavy atom. The lowest BCUT2D eigenvalue weighted by Crippen LogP contribution is -2.42. The average Bonchev–Trinajstić information content (AvgIpc) is 2.90. The first-order chi connectivity index (χ1) is 10.4. The highest BCUT2D eigenvalue weighted by Gasteiger charge is 2.34. The van der Waals surface area contributed by atoms with Gasteiger partial charge in [0.1, 0.15) is 0 Å². The molecule has 0 spiro atoms. The van der Waals surface area contributed by atoms with Crippen LogP contribution in [0.25, 0.3) is 0 Å². The van der Waals surface area contributed by atoms with Gasteiger partial charge in [-0.15, -0.1) is 0 Å². The number of benzene rings is 1. The summed E-state index contributed by atoms with van der Waals surface area (Å²) in [6.45, 7) is 1.81. The fourth-order valence-electron chi connectivity index (χ4n) is 2.86. The van der Waals surface area contributed by atoms with Gasteiger partial charge in [0.05, 0.1) is 5.92 Å². The summed E-state index contributed by atoms with van der Waals surface area (Å²) in [5.74, 6) is -1.73. The third-order valence-electron chi connectivity index (χ3n) is 4.15. The van der Waals surface area contributed by atoms with Crippen molar-refractivity contribution >= 4 is 35.1 Å². The molecule has 0 saturated heterocycles. The van der Waals surface area contributed by atoms with Crippen LogP contribution >= 0.6 is 23.2 Å². The van der Waals surface area contributed by atoms with Crippen molar-refractivity contribution in [3.8, 4) is 0 Å². The zero-order valence-corrected chi connectivity index (χ0v) is 13.8. The molecule has 0 heterocycles. The second-order valence-electron chi connectivity index (χ2n) is 5.83. The molecule has 2 N–H and O–H groups in total. The number of hydrogen-bond donors (Lipinski definition) is 2. The van der Waals surface area contributed by atoms with Crippen molar-refractivity contribution in [3.63, 3.8) is 0 Å². The van der Waals surface area contributed by atoms with E-state index in [-0.39, 0.29) is 17.9 Å². The summed E-state index contributed by atoms with van der Waals surface area (Å²) in [5, 5.41) is 13.1.